The van der Waals surface area contributed by atoms with Crippen molar-refractivity contribution in [1.29, 1.82) is 0 Å². The molecule has 0 saturated carbocycles. The van der Waals surface area contributed by atoms with Gasteiger partial charge in [0.25, 0.3) is 0 Å². The average Bonchev–Trinajstić information content (AvgIpc) is 3.23. The second-order valence-corrected chi connectivity index (χ2v) is 13.6. The van der Waals surface area contributed by atoms with Gasteiger partial charge in [-0.15, -0.1) is 0 Å². The van der Waals surface area contributed by atoms with Gasteiger partial charge in [-0.25, -0.2) is 14.4 Å². The van der Waals surface area contributed by atoms with Crippen molar-refractivity contribution < 1.29 is 28.6 Å². The number of nitrogens with one attached hydrogen (secondary N) is 1. The Balaban J connectivity index is 0.000000838. The van der Waals surface area contributed by atoms with Crippen molar-refractivity contribution in [2.24, 2.45) is 11.7 Å². The van der Waals surface area contributed by atoms with E-state index in [-0.39, 0.29) is 32.0 Å². The van der Waals surface area contributed by atoms with Gasteiger partial charge in [0.15, 0.2) is 0 Å². The molecule has 62 heavy (non-hydrogen) atoms. The minimum absolute atomic E-state index is 0. The Morgan fingerprint density at radius 3 is 1.53 bits per heavy atom. The van der Waals surface area contributed by atoms with Crippen LogP contribution >= 0.6 is 0 Å². The van der Waals surface area contributed by atoms with Gasteiger partial charge in [-0.2, -0.15) is 9.97 Å². The maximum absolute atomic E-state index is 11.8. The number of urea groups is 1. The number of carbonyl (C=O) groups excluding carboxylic acids is 3. The topological polar surface area (TPSA) is 187 Å². The van der Waals surface area contributed by atoms with Crippen LogP contribution in [-0.2, 0) is 41.9 Å². The zero-order valence-electron chi connectivity index (χ0n) is 36.5. The summed E-state index contributed by atoms with van der Waals surface area (Å²) in [6.45, 7) is 14.8. The van der Waals surface area contributed by atoms with Crippen LogP contribution in [0.25, 0.3) is 0 Å². The predicted octanol–water partition coefficient (Wildman–Crippen LogP) is 7.24. The summed E-state index contributed by atoms with van der Waals surface area (Å²) in [5.41, 5.74) is 12.4. The van der Waals surface area contributed by atoms with Gasteiger partial charge >= 0.3 is 17.4 Å². The molecule has 0 radical (unpaired) electrons. The normalized spacial score (nSPS) is 10.2. The standard InChI is InChI=1S/C16H20N2O2.C15H18N2O2.C12H14O3.C3H8N2O.2CH4/c1-5-18-12(3)15(11(2)17-16(18)19)10-13-6-8-14(20-4)9-7-13;1-4-17-10-13(11(2)16-15(17)18)9-12-5-7-14(19-3)8-6-12;1-9(14)11(8-13)7-10-3-5-12(15-2)6-4-10;1-2-5-3(4)6;;/h6-9H,5,10H2,1-4H3;5-8,10H,4,9H2,1-3H3;3-6,8,11H,7H2,1-2H3;2H2,1H3,(H3,4,5,6);2*1H4. The summed E-state index contributed by atoms with van der Waals surface area (Å²) in [4.78, 5) is 63.0. The number of aromatic nitrogens is 4. The van der Waals surface area contributed by atoms with Crippen LogP contribution in [0, 0.1) is 26.7 Å². The Labute approximate surface area is 367 Å². The van der Waals surface area contributed by atoms with E-state index in [2.05, 4.69) is 21.0 Å². The molecule has 14 nitrogen and oxygen atoms in total. The highest BCUT2D eigenvalue weighted by Crippen LogP contribution is 2.19. The fourth-order valence-electron chi connectivity index (χ4n) is 5.87. The largest absolute Gasteiger partial charge is 0.497 e. The molecule has 338 valence electrons. The van der Waals surface area contributed by atoms with Crippen LogP contribution < -0.4 is 36.6 Å². The van der Waals surface area contributed by atoms with Gasteiger partial charge in [0.2, 0.25) is 0 Å². The summed E-state index contributed by atoms with van der Waals surface area (Å²) in [7, 11) is 4.91. The van der Waals surface area contributed by atoms with Crippen LogP contribution in [0.5, 0.6) is 17.2 Å². The lowest BCUT2D eigenvalue weighted by atomic mass is 9.97. The van der Waals surface area contributed by atoms with Crippen molar-refractivity contribution in [3.8, 4) is 17.2 Å². The minimum atomic E-state index is -0.529. The lowest BCUT2D eigenvalue weighted by Gasteiger charge is -2.14. The third kappa shape index (κ3) is 18.0. The van der Waals surface area contributed by atoms with E-state index < -0.39 is 11.9 Å². The molecule has 14 heteroatoms. The van der Waals surface area contributed by atoms with E-state index in [0.717, 1.165) is 63.9 Å². The molecule has 1 unspecified atom stereocenters. The number of benzene rings is 3. The van der Waals surface area contributed by atoms with Crippen molar-refractivity contribution in [3.63, 3.8) is 0 Å². The summed E-state index contributed by atoms with van der Waals surface area (Å²) in [6.07, 6.45) is 4.60. The number of ketones is 1. The molecule has 5 rings (SSSR count). The number of nitrogens with two attached hydrogens (primary N) is 1. The zero-order chi connectivity index (χ0) is 44.8. The molecule has 2 amide bonds. The number of hydrogen-bond acceptors (Lipinski definition) is 10. The molecule has 2 aromatic heterocycles. The molecule has 3 N–H and O–H groups in total. The molecule has 0 spiro atoms. The summed E-state index contributed by atoms with van der Waals surface area (Å²) in [5.74, 6) is 1.83. The van der Waals surface area contributed by atoms with Crippen LogP contribution in [0.15, 0.2) is 88.6 Å². The van der Waals surface area contributed by atoms with Crippen molar-refractivity contribution >= 4 is 18.1 Å². The number of carbonyl (C=O) groups is 3. The Morgan fingerprint density at radius 1 is 0.710 bits per heavy atom. The third-order valence-corrected chi connectivity index (χ3v) is 9.46. The van der Waals surface area contributed by atoms with Gasteiger partial charge < -0.3 is 30.1 Å². The van der Waals surface area contributed by atoms with Crippen LogP contribution in [0.2, 0.25) is 0 Å². The first-order valence-corrected chi connectivity index (χ1v) is 19.7. The number of aldehydes is 1. The van der Waals surface area contributed by atoms with Gasteiger partial charge in [-0.3, -0.25) is 13.9 Å². The first kappa shape index (κ1) is 55.4. The minimum Gasteiger partial charge on any atom is -0.497 e. The van der Waals surface area contributed by atoms with Crippen LogP contribution in [0.4, 0.5) is 4.79 Å². The molecule has 0 aliphatic heterocycles. The van der Waals surface area contributed by atoms with E-state index in [4.69, 9.17) is 14.2 Å². The zero-order valence-corrected chi connectivity index (χ0v) is 36.5. The summed E-state index contributed by atoms with van der Waals surface area (Å²) in [6, 6.07) is 22.8. The number of hydrogen-bond donors (Lipinski definition) is 2. The highest BCUT2D eigenvalue weighted by molar-refractivity contribution is 5.91. The summed E-state index contributed by atoms with van der Waals surface area (Å²) >= 11 is 0. The molecule has 1 atom stereocenters. The number of ether oxygens (including phenoxy) is 3. The van der Waals surface area contributed by atoms with E-state index in [9.17, 15) is 24.0 Å². The molecule has 0 fully saturated rings. The number of methoxy groups -OCH3 is 3. The number of Topliss-reactive ketones (excluding diaryl/α,β-unsaturated/α-hetero) is 1. The fraction of sp³-hybridized carbons (Fsp3) is 0.396. The second-order valence-electron chi connectivity index (χ2n) is 13.6. The number of amides is 2. The Kier molecular flexibility index (Phi) is 25.8. The van der Waals surface area contributed by atoms with E-state index in [1.165, 1.54) is 18.1 Å². The van der Waals surface area contributed by atoms with Crippen molar-refractivity contribution in [2.45, 2.75) is 95.7 Å². The average molecular weight is 857 g/mol. The van der Waals surface area contributed by atoms with Gasteiger partial charge in [0, 0.05) is 55.8 Å². The van der Waals surface area contributed by atoms with Crippen molar-refractivity contribution in [1.82, 2.24) is 24.4 Å². The highest BCUT2D eigenvalue weighted by atomic mass is 16.5. The molecule has 5 aromatic rings. The molecule has 0 saturated heterocycles. The highest BCUT2D eigenvalue weighted by Gasteiger charge is 2.14. The van der Waals surface area contributed by atoms with E-state index in [1.807, 2.05) is 121 Å². The quantitative estimate of drug-likeness (QED) is 0.0852. The SMILES string of the molecule is C.C.CCNC(N)=O.CCn1c(C)c(Cc2ccc(OC)cc2)c(C)nc1=O.CCn1cc(Cc2ccc(OC)cc2)c(C)nc1=O.COc1ccc(CC(C=O)C(C)=O)cc1. The molecule has 3 aromatic carbocycles. The van der Waals surface area contributed by atoms with E-state index >= 15 is 0 Å². The fourth-order valence-corrected chi connectivity index (χ4v) is 5.87. The second kappa shape index (κ2) is 28.8. The molecular formula is C48H68N6O8. The van der Waals surface area contributed by atoms with Crippen molar-refractivity contribution in [3.05, 3.63) is 145 Å². The van der Waals surface area contributed by atoms with Gasteiger partial charge in [-0.05, 0) is 119 Å². The van der Waals surface area contributed by atoms with E-state index in [0.29, 0.717) is 32.3 Å². The van der Waals surface area contributed by atoms with Gasteiger partial charge in [-0.1, -0.05) is 51.3 Å². The van der Waals surface area contributed by atoms with E-state index in [1.54, 1.807) is 30.5 Å². The predicted molar refractivity (Wildman–Crippen MR) is 248 cm³/mol. The molecular weight excluding hydrogens is 789 g/mol. The van der Waals surface area contributed by atoms with Crippen LogP contribution in [0.3, 0.4) is 0 Å². The smallest absolute Gasteiger partial charge is 0.347 e. The molecule has 2 heterocycles. The number of rotatable bonds is 14. The number of primary amides is 1. The Bertz CT molecular complexity index is 2230. The summed E-state index contributed by atoms with van der Waals surface area (Å²) < 4.78 is 18.7. The summed E-state index contributed by atoms with van der Waals surface area (Å²) in [5, 5.41) is 2.35. The number of aryl methyl sites for hydroxylation is 3. The maximum atomic E-state index is 11.8. The number of nitrogens with zero attached hydrogens (tertiary/aromatic N) is 4. The monoisotopic (exact) mass is 857 g/mol. The molecule has 0 aliphatic rings. The molecule has 0 bridgehead atoms. The Hall–Kier alpha value is -6.57. The molecule has 0 aliphatic carbocycles. The first-order valence-electron chi connectivity index (χ1n) is 19.7. The lowest BCUT2D eigenvalue weighted by molar-refractivity contribution is -0.125. The Morgan fingerprint density at radius 2 is 1.16 bits per heavy atom. The van der Waals surface area contributed by atoms with Crippen LogP contribution in [-0.4, -0.2) is 65.1 Å². The maximum Gasteiger partial charge on any atom is 0.347 e. The van der Waals surface area contributed by atoms with Crippen molar-refractivity contribution in [2.75, 3.05) is 27.9 Å². The van der Waals surface area contributed by atoms with Crippen LogP contribution in [0.1, 0.15) is 87.4 Å². The third-order valence-electron chi connectivity index (χ3n) is 9.46. The first-order chi connectivity index (χ1) is 28.6. The van der Waals surface area contributed by atoms with Gasteiger partial charge in [0.1, 0.15) is 29.3 Å². The lowest BCUT2D eigenvalue weighted by Crippen LogP contribution is -2.28. The van der Waals surface area contributed by atoms with Gasteiger partial charge in [0.05, 0.1) is 27.2 Å².